The highest BCUT2D eigenvalue weighted by molar-refractivity contribution is 5.68. The molecule has 0 aromatic heterocycles. The minimum Gasteiger partial charge on any atom is -0.444 e. The number of ether oxygens (including phenoxy) is 1. The maximum atomic E-state index is 11.5. The summed E-state index contributed by atoms with van der Waals surface area (Å²) in [5.74, 6) is 0. The first kappa shape index (κ1) is 16.7. The number of amides is 2. The van der Waals surface area contributed by atoms with Crippen molar-refractivity contribution < 1.29 is 14.3 Å². The van der Waals surface area contributed by atoms with E-state index in [0.29, 0.717) is 0 Å². The standard InChI is InChI=1S/C9H18N2O2.C3H7NO/c1-9(2,3)13-8(12)11-6-4-10-5-7-11;1-4(2)3-5/h10H,4-7H2,1-3H3;3H,1-2H3. The summed E-state index contributed by atoms with van der Waals surface area (Å²) in [7, 11) is 3.38. The molecule has 0 aromatic rings. The molecule has 0 spiro atoms. The van der Waals surface area contributed by atoms with Gasteiger partial charge in [0, 0.05) is 40.3 Å². The highest BCUT2D eigenvalue weighted by Crippen LogP contribution is 2.09. The van der Waals surface area contributed by atoms with E-state index in [1.165, 1.54) is 4.90 Å². The van der Waals surface area contributed by atoms with Gasteiger partial charge in [0.25, 0.3) is 0 Å². The number of carbonyl (C=O) groups excluding carboxylic acids is 2. The number of carbonyl (C=O) groups is 2. The minimum atomic E-state index is -0.387. The average Bonchev–Trinajstić information content (AvgIpc) is 2.29. The van der Waals surface area contributed by atoms with Crippen molar-refractivity contribution >= 4 is 12.5 Å². The van der Waals surface area contributed by atoms with Crippen molar-refractivity contribution in [1.82, 2.24) is 15.1 Å². The number of rotatable bonds is 1. The summed E-state index contributed by atoms with van der Waals surface area (Å²) in [4.78, 5) is 24.1. The molecule has 18 heavy (non-hydrogen) atoms. The first-order valence-electron chi connectivity index (χ1n) is 6.06. The Labute approximate surface area is 109 Å². The molecule has 2 amide bonds. The quantitative estimate of drug-likeness (QED) is 0.698. The maximum Gasteiger partial charge on any atom is 0.410 e. The third kappa shape index (κ3) is 8.81. The summed E-state index contributed by atoms with van der Waals surface area (Å²) in [6.45, 7) is 8.86. The van der Waals surface area contributed by atoms with Gasteiger partial charge in [-0.05, 0) is 20.8 Å². The SMILES string of the molecule is CC(C)(C)OC(=O)N1CCNCC1.CN(C)C=O. The van der Waals surface area contributed by atoms with Crippen LogP contribution in [0.15, 0.2) is 0 Å². The van der Waals surface area contributed by atoms with Crippen LogP contribution >= 0.6 is 0 Å². The molecule has 0 aliphatic carbocycles. The van der Waals surface area contributed by atoms with Crippen LogP contribution in [0.4, 0.5) is 4.79 Å². The van der Waals surface area contributed by atoms with Gasteiger partial charge in [0.2, 0.25) is 6.41 Å². The van der Waals surface area contributed by atoms with Crippen molar-refractivity contribution in [2.45, 2.75) is 26.4 Å². The number of nitrogens with zero attached hydrogens (tertiary/aromatic N) is 2. The lowest BCUT2D eigenvalue weighted by Crippen LogP contribution is -2.48. The number of hydrogen-bond donors (Lipinski definition) is 1. The molecule has 106 valence electrons. The summed E-state index contributed by atoms with van der Waals surface area (Å²) in [5, 5.41) is 3.18. The molecule has 1 rings (SSSR count). The summed E-state index contributed by atoms with van der Waals surface area (Å²) in [5.41, 5.74) is -0.387. The van der Waals surface area contributed by atoms with Gasteiger partial charge in [-0.2, -0.15) is 0 Å². The van der Waals surface area contributed by atoms with Crippen molar-refractivity contribution in [3.8, 4) is 0 Å². The predicted octanol–water partition coefficient (Wildman–Crippen LogP) is 0.531. The van der Waals surface area contributed by atoms with E-state index in [1.807, 2.05) is 20.8 Å². The fourth-order valence-corrected chi connectivity index (χ4v) is 1.17. The van der Waals surface area contributed by atoms with E-state index >= 15 is 0 Å². The van der Waals surface area contributed by atoms with Crippen molar-refractivity contribution in [1.29, 1.82) is 0 Å². The van der Waals surface area contributed by atoms with E-state index in [2.05, 4.69) is 5.32 Å². The molecule has 1 fully saturated rings. The van der Waals surface area contributed by atoms with E-state index in [4.69, 9.17) is 4.74 Å². The molecule has 6 nitrogen and oxygen atoms in total. The van der Waals surface area contributed by atoms with E-state index in [1.54, 1.807) is 19.0 Å². The Morgan fingerprint density at radius 1 is 1.28 bits per heavy atom. The topological polar surface area (TPSA) is 61.9 Å². The Bertz CT molecular complexity index is 256. The summed E-state index contributed by atoms with van der Waals surface area (Å²) < 4.78 is 5.24. The zero-order valence-corrected chi connectivity index (χ0v) is 12.0. The molecular formula is C12H25N3O3. The second-order valence-electron chi connectivity index (χ2n) is 5.29. The second kappa shape index (κ2) is 7.92. The summed E-state index contributed by atoms with van der Waals surface area (Å²) in [6.07, 6.45) is 0.550. The lowest BCUT2D eigenvalue weighted by atomic mass is 10.2. The van der Waals surface area contributed by atoms with Gasteiger partial charge in [0.05, 0.1) is 0 Å². The summed E-state index contributed by atoms with van der Waals surface area (Å²) >= 11 is 0. The second-order valence-corrected chi connectivity index (χ2v) is 5.29. The van der Waals surface area contributed by atoms with Crippen molar-refractivity contribution in [3.63, 3.8) is 0 Å². The molecule has 0 aromatic carbocycles. The molecule has 1 heterocycles. The zero-order chi connectivity index (χ0) is 14.2. The maximum absolute atomic E-state index is 11.5. The van der Waals surface area contributed by atoms with Crippen molar-refractivity contribution in [3.05, 3.63) is 0 Å². The van der Waals surface area contributed by atoms with Crippen LogP contribution < -0.4 is 5.32 Å². The fraction of sp³-hybridized carbons (Fsp3) is 0.833. The highest BCUT2D eigenvalue weighted by Gasteiger charge is 2.22. The minimum absolute atomic E-state index is 0.200. The van der Waals surface area contributed by atoms with Gasteiger partial charge in [-0.25, -0.2) is 4.79 Å². The molecule has 1 aliphatic rings. The number of nitrogens with one attached hydrogen (secondary N) is 1. The monoisotopic (exact) mass is 259 g/mol. The van der Waals surface area contributed by atoms with Gasteiger partial charge < -0.3 is 19.9 Å². The van der Waals surface area contributed by atoms with Gasteiger partial charge >= 0.3 is 6.09 Å². The van der Waals surface area contributed by atoms with Gasteiger partial charge in [-0.3, -0.25) is 4.79 Å². The normalized spacial score (nSPS) is 15.3. The number of hydrogen-bond acceptors (Lipinski definition) is 4. The molecule has 1 saturated heterocycles. The van der Waals surface area contributed by atoms with Crippen molar-refractivity contribution in [2.75, 3.05) is 40.3 Å². The van der Waals surface area contributed by atoms with Gasteiger partial charge in [0.15, 0.2) is 0 Å². The van der Waals surface area contributed by atoms with Crippen LogP contribution in [0.5, 0.6) is 0 Å². The molecule has 0 atom stereocenters. The Morgan fingerprint density at radius 3 is 2.06 bits per heavy atom. The van der Waals surface area contributed by atoms with Crippen LogP contribution in [0, 0.1) is 0 Å². The largest absolute Gasteiger partial charge is 0.444 e. The van der Waals surface area contributed by atoms with Gasteiger partial charge in [-0.15, -0.1) is 0 Å². The van der Waals surface area contributed by atoms with Gasteiger partial charge in [-0.1, -0.05) is 0 Å². The smallest absolute Gasteiger partial charge is 0.410 e. The average molecular weight is 259 g/mol. The molecular weight excluding hydrogens is 234 g/mol. The van der Waals surface area contributed by atoms with Crippen LogP contribution in [-0.2, 0) is 9.53 Å². The zero-order valence-electron chi connectivity index (χ0n) is 12.0. The molecule has 1 N–H and O–H groups in total. The Morgan fingerprint density at radius 2 is 1.72 bits per heavy atom. The lowest BCUT2D eigenvalue weighted by Gasteiger charge is -2.30. The number of piperazine rings is 1. The Hall–Kier alpha value is -1.30. The molecule has 6 heteroatoms. The molecule has 0 radical (unpaired) electrons. The van der Waals surface area contributed by atoms with Crippen LogP contribution in [0.1, 0.15) is 20.8 Å². The van der Waals surface area contributed by atoms with Crippen LogP contribution in [0.25, 0.3) is 0 Å². The lowest BCUT2D eigenvalue weighted by molar-refractivity contribution is -0.115. The highest BCUT2D eigenvalue weighted by atomic mass is 16.6. The van der Waals surface area contributed by atoms with Crippen LogP contribution in [0.2, 0.25) is 0 Å². The third-order valence-electron chi connectivity index (χ3n) is 1.98. The van der Waals surface area contributed by atoms with Gasteiger partial charge in [0.1, 0.15) is 5.60 Å². The van der Waals surface area contributed by atoms with E-state index < -0.39 is 0 Å². The Kier molecular flexibility index (Phi) is 7.35. The van der Waals surface area contributed by atoms with E-state index in [-0.39, 0.29) is 11.7 Å². The van der Waals surface area contributed by atoms with E-state index in [9.17, 15) is 9.59 Å². The first-order chi connectivity index (χ1) is 8.26. The van der Waals surface area contributed by atoms with Crippen LogP contribution in [-0.4, -0.2) is 68.2 Å². The molecule has 1 aliphatic heterocycles. The fourth-order valence-electron chi connectivity index (χ4n) is 1.17. The molecule has 0 bridgehead atoms. The molecule has 0 unspecified atom stereocenters. The van der Waals surface area contributed by atoms with E-state index in [0.717, 1.165) is 32.6 Å². The predicted molar refractivity (Wildman–Crippen MR) is 70.4 cm³/mol. The first-order valence-corrected chi connectivity index (χ1v) is 6.06. The molecule has 0 saturated carbocycles. The van der Waals surface area contributed by atoms with Crippen molar-refractivity contribution in [2.24, 2.45) is 0 Å². The summed E-state index contributed by atoms with van der Waals surface area (Å²) in [6, 6.07) is 0. The Balaban J connectivity index is 0.000000494. The third-order valence-corrected chi connectivity index (χ3v) is 1.98. The van der Waals surface area contributed by atoms with Crippen LogP contribution in [0.3, 0.4) is 0 Å².